The number of nitrogens with zero attached hydrogens (tertiary/aromatic N) is 1. The van der Waals surface area contributed by atoms with E-state index in [4.69, 9.17) is 20.4 Å². The summed E-state index contributed by atoms with van der Waals surface area (Å²) in [4.78, 5) is 8.36. The quantitative estimate of drug-likeness (QED) is 0.242. The molecule has 0 spiro atoms. The standard InChI is InChI=1S/C2H6O.Li.HNO3.H/c1-2-3;;2-1(3)4;/h3H,2H2,1H3;;(H,2,3,4);. The van der Waals surface area contributed by atoms with Gasteiger partial charge in [0.2, 0.25) is 0 Å². The van der Waals surface area contributed by atoms with Crippen LogP contribution in [0.1, 0.15) is 6.92 Å². The Hall–Kier alpha value is -0.243. The first kappa shape index (κ1) is 15.7. The van der Waals surface area contributed by atoms with Crippen LogP contribution in [0.2, 0.25) is 0 Å². The molecule has 0 aliphatic rings. The summed E-state index contributed by atoms with van der Waals surface area (Å²) < 4.78 is 0. The van der Waals surface area contributed by atoms with E-state index in [1.165, 1.54) is 0 Å². The van der Waals surface area contributed by atoms with Gasteiger partial charge in [-0.3, -0.25) is 0 Å². The van der Waals surface area contributed by atoms with Gasteiger partial charge >= 0.3 is 18.9 Å². The van der Waals surface area contributed by atoms with Crippen molar-refractivity contribution >= 4 is 18.9 Å². The predicted octanol–water partition coefficient (Wildman–Crippen LogP) is -0.998. The number of rotatable bonds is 0. The van der Waals surface area contributed by atoms with Gasteiger partial charge in [0, 0.05) is 6.61 Å². The minimum atomic E-state index is -1.50. The second-order valence-electron chi connectivity index (χ2n) is 0.554. The molecule has 0 saturated carbocycles. The first-order valence-corrected chi connectivity index (χ1v) is 1.59. The second kappa shape index (κ2) is 15.9. The van der Waals surface area contributed by atoms with Crippen molar-refractivity contribution in [2.45, 2.75) is 6.92 Å². The maximum atomic E-state index is 8.36. The van der Waals surface area contributed by atoms with Gasteiger partial charge in [-0.15, -0.1) is 10.1 Å². The van der Waals surface area contributed by atoms with E-state index in [1.54, 1.807) is 6.92 Å². The SMILES string of the molecule is CCO.O=[N+]([O-])O.[LiH]. The fourth-order valence-electron chi connectivity index (χ4n) is 0. The van der Waals surface area contributed by atoms with Crippen molar-refractivity contribution in [1.29, 1.82) is 0 Å². The Morgan fingerprint density at radius 3 is 1.75 bits per heavy atom. The third kappa shape index (κ3) is 2210. The van der Waals surface area contributed by atoms with Gasteiger partial charge in [0.25, 0.3) is 5.09 Å². The Morgan fingerprint density at radius 2 is 1.75 bits per heavy atom. The number of hydrogen-bond acceptors (Lipinski definition) is 3. The van der Waals surface area contributed by atoms with Crippen molar-refractivity contribution in [2.24, 2.45) is 0 Å². The number of aliphatic hydroxyl groups is 1. The fraction of sp³-hybridized carbons (Fsp3) is 1.00. The maximum absolute atomic E-state index is 8.36. The topological polar surface area (TPSA) is 83.6 Å². The van der Waals surface area contributed by atoms with Gasteiger partial charge < -0.3 is 10.3 Å². The molecule has 0 aromatic heterocycles. The Labute approximate surface area is 58.6 Å². The molecular formula is C2H8LiNO4. The average molecular weight is 117 g/mol. The molecule has 0 unspecified atom stereocenters. The molecule has 0 heterocycles. The molecule has 0 rings (SSSR count). The van der Waals surface area contributed by atoms with E-state index in [9.17, 15) is 0 Å². The molecule has 0 fully saturated rings. The summed E-state index contributed by atoms with van der Waals surface area (Å²) >= 11 is 0. The predicted molar refractivity (Wildman–Crippen MR) is 28.7 cm³/mol. The number of aliphatic hydroxyl groups excluding tert-OH is 1. The van der Waals surface area contributed by atoms with Crippen LogP contribution in [-0.2, 0) is 0 Å². The van der Waals surface area contributed by atoms with Crippen LogP contribution in [0.15, 0.2) is 0 Å². The first-order valence-electron chi connectivity index (χ1n) is 1.59. The molecule has 0 bridgehead atoms. The molecule has 0 radical (unpaired) electrons. The Bertz CT molecular complexity index is 45.3. The van der Waals surface area contributed by atoms with Crippen LogP contribution < -0.4 is 0 Å². The minimum absolute atomic E-state index is 0. The van der Waals surface area contributed by atoms with Gasteiger partial charge in [0.05, 0.1) is 0 Å². The van der Waals surface area contributed by atoms with Crippen LogP contribution in [0.3, 0.4) is 0 Å². The summed E-state index contributed by atoms with van der Waals surface area (Å²) in [5.74, 6) is 0. The van der Waals surface area contributed by atoms with Crippen molar-refractivity contribution in [1.82, 2.24) is 0 Å². The third-order valence-electron chi connectivity index (χ3n) is 0. The zero-order valence-corrected chi connectivity index (χ0v) is 3.87. The monoisotopic (exact) mass is 117 g/mol. The summed E-state index contributed by atoms with van der Waals surface area (Å²) in [6.07, 6.45) is 0. The molecule has 0 aromatic rings. The molecule has 0 amide bonds. The van der Waals surface area contributed by atoms with Crippen LogP contribution in [0.25, 0.3) is 0 Å². The molecule has 46 valence electrons. The van der Waals surface area contributed by atoms with Crippen molar-refractivity contribution in [2.75, 3.05) is 6.61 Å². The van der Waals surface area contributed by atoms with E-state index >= 15 is 0 Å². The molecule has 0 aliphatic carbocycles. The van der Waals surface area contributed by atoms with Crippen LogP contribution in [0.5, 0.6) is 0 Å². The van der Waals surface area contributed by atoms with E-state index < -0.39 is 5.09 Å². The Morgan fingerprint density at radius 1 is 1.75 bits per heavy atom. The van der Waals surface area contributed by atoms with Crippen molar-refractivity contribution < 1.29 is 15.4 Å². The van der Waals surface area contributed by atoms with Gasteiger partial charge in [-0.25, -0.2) is 0 Å². The summed E-state index contributed by atoms with van der Waals surface area (Å²) in [7, 11) is 0. The van der Waals surface area contributed by atoms with Crippen LogP contribution in [0.4, 0.5) is 0 Å². The summed E-state index contributed by atoms with van der Waals surface area (Å²) in [6.45, 7) is 1.93. The van der Waals surface area contributed by atoms with Gasteiger partial charge in [0.1, 0.15) is 0 Å². The van der Waals surface area contributed by atoms with Gasteiger partial charge in [-0.2, -0.15) is 0 Å². The average Bonchev–Trinajstić information content (AvgIpc) is 1.33. The molecule has 0 saturated heterocycles. The zero-order chi connectivity index (χ0) is 6.28. The summed E-state index contributed by atoms with van der Waals surface area (Å²) in [6, 6.07) is 0. The molecule has 8 heavy (non-hydrogen) atoms. The normalized spacial score (nSPS) is 5.25. The molecule has 5 nitrogen and oxygen atoms in total. The summed E-state index contributed by atoms with van der Waals surface area (Å²) in [5.41, 5.74) is 0. The number of hydrogen-bond donors (Lipinski definition) is 2. The molecule has 0 atom stereocenters. The van der Waals surface area contributed by atoms with Crippen molar-refractivity contribution in [3.05, 3.63) is 10.1 Å². The van der Waals surface area contributed by atoms with E-state index in [0.717, 1.165) is 0 Å². The van der Waals surface area contributed by atoms with E-state index in [0.29, 0.717) is 0 Å². The second-order valence-corrected chi connectivity index (χ2v) is 0.554. The Balaban J connectivity index is -0.0000000575. The van der Waals surface area contributed by atoms with E-state index in [1.807, 2.05) is 0 Å². The van der Waals surface area contributed by atoms with Gasteiger partial charge in [-0.1, -0.05) is 0 Å². The molecule has 0 aliphatic heterocycles. The van der Waals surface area contributed by atoms with E-state index in [-0.39, 0.29) is 25.5 Å². The molecular weight excluding hydrogens is 109 g/mol. The Kier molecular flexibility index (Phi) is 31.0. The molecule has 2 N–H and O–H groups in total. The molecule has 6 heteroatoms. The van der Waals surface area contributed by atoms with Crippen molar-refractivity contribution in [3.63, 3.8) is 0 Å². The zero-order valence-electron chi connectivity index (χ0n) is 3.87. The van der Waals surface area contributed by atoms with Crippen LogP contribution >= 0.6 is 0 Å². The first-order chi connectivity index (χ1) is 3.15. The van der Waals surface area contributed by atoms with E-state index in [2.05, 4.69) is 0 Å². The van der Waals surface area contributed by atoms with Gasteiger partial charge in [0.15, 0.2) is 0 Å². The van der Waals surface area contributed by atoms with Crippen molar-refractivity contribution in [3.8, 4) is 0 Å². The molecule has 0 aromatic carbocycles. The third-order valence-corrected chi connectivity index (χ3v) is 0. The van der Waals surface area contributed by atoms with Gasteiger partial charge in [-0.05, 0) is 6.92 Å². The van der Waals surface area contributed by atoms with Crippen LogP contribution in [0, 0.1) is 10.1 Å². The fourth-order valence-corrected chi connectivity index (χ4v) is 0. The summed E-state index contributed by atoms with van der Waals surface area (Å²) in [5, 5.41) is 21.2. The van der Waals surface area contributed by atoms with Crippen LogP contribution in [-0.4, -0.2) is 40.9 Å².